The molecule has 0 bridgehead atoms. The van der Waals surface area contributed by atoms with Crippen molar-refractivity contribution in [2.24, 2.45) is 5.92 Å². The molecule has 0 aromatic rings. The van der Waals surface area contributed by atoms with Crippen molar-refractivity contribution in [3.05, 3.63) is 0 Å². The molecule has 0 aliphatic carbocycles. The average molecular weight is 240 g/mol. The maximum Gasteiger partial charge on any atom is 0.320 e. The Balaban J connectivity index is 2.13. The summed E-state index contributed by atoms with van der Waals surface area (Å²) < 4.78 is 0. The van der Waals surface area contributed by atoms with E-state index < -0.39 is 12.0 Å². The first-order chi connectivity index (χ1) is 8.00. The summed E-state index contributed by atoms with van der Waals surface area (Å²) in [6.07, 6.45) is 2.40. The zero-order valence-corrected chi connectivity index (χ0v) is 10.4. The molecule has 2 fully saturated rings. The number of aliphatic carboxylic acids is 1. The van der Waals surface area contributed by atoms with E-state index in [9.17, 15) is 14.7 Å². The number of carboxylic acid groups (broad SMARTS) is 1. The van der Waals surface area contributed by atoms with Gasteiger partial charge in [0, 0.05) is 20.1 Å². The van der Waals surface area contributed by atoms with Crippen LogP contribution in [0.2, 0.25) is 0 Å². The maximum absolute atomic E-state index is 11.9. The van der Waals surface area contributed by atoms with Crippen LogP contribution >= 0.6 is 0 Å². The van der Waals surface area contributed by atoms with E-state index in [1.54, 1.807) is 11.9 Å². The minimum Gasteiger partial charge on any atom is -0.480 e. The van der Waals surface area contributed by atoms with Gasteiger partial charge in [0.2, 0.25) is 5.91 Å². The number of likely N-dealkylation sites (tertiary alicyclic amines) is 2. The Morgan fingerprint density at radius 2 is 2.06 bits per heavy atom. The molecule has 0 spiro atoms. The van der Waals surface area contributed by atoms with Gasteiger partial charge in [-0.2, -0.15) is 0 Å². The summed E-state index contributed by atoms with van der Waals surface area (Å²) >= 11 is 0. The van der Waals surface area contributed by atoms with Crippen LogP contribution in [-0.2, 0) is 9.59 Å². The van der Waals surface area contributed by atoms with Crippen LogP contribution in [0, 0.1) is 5.92 Å². The van der Waals surface area contributed by atoms with Crippen LogP contribution < -0.4 is 0 Å². The fourth-order valence-electron chi connectivity index (χ4n) is 2.89. The third kappa shape index (κ3) is 2.29. The largest absolute Gasteiger partial charge is 0.480 e. The minimum absolute atomic E-state index is 0.0748. The van der Waals surface area contributed by atoms with Gasteiger partial charge in [-0.1, -0.05) is 6.92 Å². The van der Waals surface area contributed by atoms with Gasteiger partial charge in [0.15, 0.2) is 0 Å². The molecule has 2 heterocycles. The number of carbonyl (C=O) groups is 2. The van der Waals surface area contributed by atoms with Crippen LogP contribution in [-0.4, -0.2) is 59.0 Å². The first-order valence-corrected chi connectivity index (χ1v) is 6.24. The molecule has 0 saturated carbocycles. The number of nitrogens with zero attached hydrogens (tertiary/aromatic N) is 2. The molecule has 2 aliphatic heterocycles. The third-order valence-corrected chi connectivity index (χ3v) is 3.99. The van der Waals surface area contributed by atoms with Gasteiger partial charge in [0.05, 0.1) is 6.04 Å². The summed E-state index contributed by atoms with van der Waals surface area (Å²) in [5, 5.41) is 9.27. The van der Waals surface area contributed by atoms with Gasteiger partial charge in [-0.15, -0.1) is 0 Å². The lowest BCUT2D eigenvalue weighted by molar-refractivity contribution is -0.148. The highest BCUT2D eigenvalue weighted by Gasteiger charge is 2.42. The SMILES string of the molecule is CC1CCN(C2CCN(C)C2=O)C(C(=O)O)C1. The predicted molar refractivity (Wildman–Crippen MR) is 62.6 cm³/mol. The van der Waals surface area contributed by atoms with E-state index >= 15 is 0 Å². The highest BCUT2D eigenvalue weighted by Crippen LogP contribution is 2.28. The number of piperidine rings is 1. The van der Waals surface area contributed by atoms with E-state index in [1.165, 1.54) is 0 Å². The lowest BCUT2D eigenvalue weighted by Crippen LogP contribution is -2.53. The van der Waals surface area contributed by atoms with Gasteiger partial charge in [0.25, 0.3) is 0 Å². The van der Waals surface area contributed by atoms with E-state index in [-0.39, 0.29) is 11.9 Å². The number of hydrogen-bond acceptors (Lipinski definition) is 3. The van der Waals surface area contributed by atoms with Crippen molar-refractivity contribution in [2.75, 3.05) is 20.1 Å². The standard InChI is InChI=1S/C12H20N2O3/c1-8-3-6-14(10(7-8)12(16)17)9-4-5-13(2)11(9)15/h8-10H,3-7H2,1-2H3,(H,16,17). The van der Waals surface area contributed by atoms with Crippen molar-refractivity contribution in [3.63, 3.8) is 0 Å². The Hall–Kier alpha value is -1.10. The van der Waals surface area contributed by atoms with E-state index in [2.05, 4.69) is 6.92 Å². The zero-order valence-electron chi connectivity index (χ0n) is 10.4. The van der Waals surface area contributed by atoms with Crippen molar-refractivity contribution >= 4 is 11.9 Å². The molecule has 5 nitrogen and oxygen atoms in total. The van der Waals surface area contributed by atoms with E-state index in [0.717, 1.165) is 25.9 Å². The molecule has 2 rings (SSSR count). The monoisotopic (exact) mass is 240 g/mol. The average Bonchev–Trinajstić information content (AvgIpc) is 2.60. The van der Waals surface area contributed by atoms with Gasteiger partial charge in [-0.25, -0.2) is 0 Å². The van der Waals surface area contributed by atoms with Gasteiger partial charge in [-0.05, 0) is 25.2 Å². The first kappa shape index (κ1) is 12.4. The highest BCUT2D eigenvalue weighted by molar-refractivity contribution is 5.85. The van der Waals surface area contributed by atoms with Crippen LogP contribution in [0.3, 0.4) is 0 Å². The summed E-state index contributed by atoms with van der Waals surface area (Å²) in [6, 6.07) is -0.701. The first-order valence-electron chi connectivity index (χ1n) is 6.24. The second kappa shape index (κ2) is 4.64. The van der Waals surface area contributed by atoms with Crippen molar-refractivity contribution in [1.29, 1.82) is 0 Å². The summed E-state index contributed by atoms with van der Waals surface area (Å²) in [5.41, 5.74) is 0. The quantitative estimate of drug-likeness (QED) is 0.759. The van der Waals surface area contributed by atoms with Gasteiger partial charge < -0.3 is 10.0 Å². The molecule has 96 valence electrons. The molecule has 2 saturated heterocycles. The zero-order chi connectivity index (χ0) is 12.6. The second-order valence-corrected chi connectivity index (χ2v) is 5.29. The topological polar surface area (TPSA) is 60.9 Å². The fraction of sp³-hybridized carbons (Fsp3) is 0.833. The second-order valence-electron chi connectivity index (χ2n) is 5.29. The highest BCUT2D eigenvalue weighted by atomic mass is 16.4. The molecule has 2 aliphatic rings. The Morgan fingerprint density at radius 1 is 1.35 bits per heavy atom. The number of amides is 1. The number of carboxylic acids is 1. The van der Waals surface area contributed by atoms with Crippen LogP contribution in [0.15, 0.2) is 0 Å². The Morgan fingerprint density at radius 3 is 2.59 bits per heavy atom. The number of rotatable bonds is 2. The number of likely N-dealkylation sites (N-methyl/N-ethyl adjacent to an activating group) is 1. The summed E-state index contributed by atoms with van der Waals surface area (Å²) in [4.78, 5) is 26.8. The summed E-state index contributed by atoms with van der Waals surface area (Å²) in [6.45, 7) is 3.54. The van der Waals surface area contributed by atoms with E-state index in [4.69, 9.17) is 0 Å². The van der Waals surface area contributed by atoms with Crippen LogP contribution in [0.5, 0.6) is 0 Å². The Kier molecular flexibility index (Phi) is 3.38. The van der Waals surface area contributed by atoms with Crippen molar-refractivity contribution < 1.29 is 14.7 Å². The van der Waals surface area contributed by atoms with E-state index in [0.29, 0.717) is 12.3 Å². The Bertz CT molecular complexity index is 330. The molecule has 1 N–H and O–H groups in total. The predicted octanol–water partition coefficient (Wildman–Crippen LogP) is 0.402. The van der Waals surface area contributed by atoms with Gasteiger partial charge in [-0.3, -0.25) is 14.5 Å². The molecular formula is C12H20N2O3. The molecule has 3 unspecified atom stereocenters. The summed E-state index contributed by atoms with van der Waals surface area (Å²) in [7, 11) is 1.78. The minimum atomic E-state index is -0.793. The normalized spacial score (nSPS) is 35.3. The number of hydrogen-bond donors (Lipinski definition) is 1. The third-order valence-electron chi connectivity index (χ3n) is 3.99. The van der Waals surface area contributed by atoms with Crippen molar-refractivity contribution in [1.82, 2.24) is 9.80 Å². The maximum atomic E-state index is 11.9. The molecular weight excluding hydrogens is 220 g/mol. The lowest BCUT2D eigenvalue weighted by atomic mass is 9.91. The molecule has 0 aromatic carbocycles. The molecule has 0 radical (unpaired) electrons. The molecule has 3 atom stereocenters. The van der Waals surface area contributed by atoms with Gasteiger partial charge >= 0.3 is 5.97 Å². The molecule has 5 heteroatoms. The fourth-order valence-corrected chi connectivity index (χ4v) is 2.89. The number of carbonyl (C=O) groups excluding carboxylic acids is 1. The van der Waals surface area contributed by atoms with Crippen molar-refractivity contribution in [2.45, 2.75) is 38.3 Å². The van der Waals surface area contributed by atoms with E-state index in [1.807, 2.05) is 4.90 Å². The van der Waals surface area contributed by atoms with Crippen LogP contribution in [0.4, 0.5) is 0 Å². The summed E-state index contributed by atoms with van der Waals surface area (Å²) in [5.74, 6) is -0.286. The van der Waals surface area contributed by atoms with Gasteiger partial charge in [0.1, 0.15) is 6.04 Å². The van der Waals surface area contributed by atoms with Crippen LogP contribution in [0.1, 0.15) is 26.2 Å². The molecule has 1 amide bonds. The molecule has 17 heavy (non-hydrogen) atoms. The molecule has 0 aromatic heterocycles. The van der Waals surface area contributed by atoms with Crippen LogP contribution in [0.25, 0.3) is 0 Å². The van der Waals surface area contributed by atoms with Crippen molar-refractivity contribution in [3.8, 4) is 0 Å². The smallest absolute Gasteiger partial charge is 0.320 e. The Labute approximate surface area is 101 Å². The lowest BCUT2D eigenvalue weighted by Gasteiger charge is -2.38.